The summed E-state index contributed by atoms with van der Waals surface area (Å²) < 4.78 is 40.9. The largest absolute Gasteiger partial charge is 0.465 e. The van der Waals surface area contributed by atoms with Gasteiger partial charge in [0, 0.05) is 13.1 Å². The van der Waals surface area contributed by atoms with E-state index in [0.717, 1.165) is 20.0 Å². The van der Waals surface area contributed by atoms with Crippen LogP contribution in [-0.4, -0.2) is 70.5 Å². The van der Waals surface area contributed by atoms with Crippen LogP contribution in [0.3, 0.4) is 0 Å². The third-order valence-electron chi connectivity index (χ3n) is 5.25. The number of esters is 3. The molecule has 1 fully saturated rings. The van der Waals surface area contributed by atoms with E-state index in [1.54, 1.807) is 0 Å². The fourth-order valence-electron chi connectivity index (χ4n) is 3.42. The van der Waals surface area contributed by atoms with Crippen molar-refractivity contribution in [3.05, 3.63) is 59.2 Å². The third kappa shape index (κ3) is 6.03. The van der Waals surface area contributed by atoms with E-state index in [9.17, 15) is 27.6 Å². The van der Waals surface area contributed by atoms with Crippen LogP contribution in [0.25, 0.3) is 0 Å². The molecule has 2 aromatic rings. The maximum absolute atomic E-state index is 12.6. The van der Waals surface area contributed by atoms with Crippen molar-refractivity contribution in [2.45, 2.75) is 17.7 Å². The van der Waals surface area contributed by atoms with E-state index in [4.69, 9.17) is 4.74 Å². The first-order chi connectivity index (χ1) is 16.7. The highest BCUT2D eigenvalue weighted by Gasteiger charge is 2.27. The smallest absolute Gasteiger partial charge is 0.339 e. The van der Waals surface area contributed by atoms with Crippen molar-refractivity contribution in [3.8, 4) is 0 Å². The van der Waals surface area contributed by atoms with Gasteiger partial charge >= 0.3 is 17.9 Å². The van der Waals surface area contributed by atoms with Crippen molar-refractivity contribution < 1.29 is 41.8 Å². The zero-order chi connectivity index (χ0) is 25.6. The van der Waals surface area contributed by atoms with Gasteiger partial charge in [0.15, 0.2) is 6.61 Å². The molecule has 0 saturated carbocycles. The van der Waals surface area contributed by atoms with Crippen molar-refractivity contribution in [2.75, 3.05) is 39.2 Å². The lowest BCUT2D eigenvalue weighted by atomic mass is 10.1. The Balaban J connectivity index is 1.65. The van der Waals surface area contributed by atoms with Crippen LogP contribution in [0.1, 0.15) is 43.9 Å². The number of sulfonamides is 1. The maximum atomic E-state index is 12.6. The number of nitrogens with zero attached hydrogens (tertiary/aromatic N) is 1. The predicted molar refractivity (Wildman–Crippen MR) is 122 cm³/mol. The molecule has 1 aliphatic heterocycles. The molecule has 1 aliphatic rings. The van der Waals surface area contributed by atoms with Gasteiger partial charge in [0.1, 0.15) is 0 Å². The summed E-state index contributed by atoms with van der Waals surface area (Å²) in [4.78, 5) is 48.5. The molecule has 1 amide bonds. The zero-order valence-electron chi connectivity index (χ0n) is 19.1. The summed E-state index contributed by atoms with van der Waals surface area (Å²) >= 11 is 0. The zero-order valence-corrected chi connectivity index (χ0v) is 19.9. The summed E-state index contributed by atoms with van der Waals surface area (Å²) in [6, 6.07) is 9.09. The molecule has 0 atom stereocenters. The highest BCUT2D eigenvalue weighted by molar-refractivity contribution is 7.89. The van der Waals surface area contributed by atoms with Gasteiger partial charge in [-0.2, -0.15) is 4.31 Å². The van der Waals surface area contributed by atoms with Crippen LogP contribution in [0.5, 0.6) is 0 Å². The van der Waals surface area contributed by atoms with Gasteiger partial charge < -0.3 is 19.5 Å². The molecule has 0 unspecified atom stereocenters. The molecule has 1 heterocycles. The van der Waals surface area contributed by atoms with Crippen LogP contribution >= 0.6 is 0 Å². The first-order valence-corrected chi connectivity index (χ1v) is 12.0. The molecule has 186 valence electrons. The molecule has 0 aliphatic carbocycles. The van der Waals surface area contributed by atoms with Crippen LogP contribution in [0.15, 0.2) is 47.4 Å². The fourth-order valence-corrected chi connectivity index (χ4v) is 4.94. The van der Waals surface area contributed by atoms with E-state index in [1.807, 2.05) is 0 Å². The number of anilines is 1. The molecule has 3 rings (SSSR count). The summed E-state index contributed by atoms with van der Waals surface area (Å²) in [6.45, 7) is 0.221. The number of carbonyl (C=O) groups excluding carboxylic acids is 4. The number of rotatable bonds is 8. The Kier molecular flexibility index (Phi) is 8.20. The first-order valence-electron chi connectivity index (χ1n) is 10.5. The van der Waals surface area contributed by atoms with Gasteiger partial charge in [0.25, 0.3) is 5.91 Å². The van der Waals surface area contributed by atoms with E-state index in [1.165, 1.54) is 53.9 Å². The van der Waals surface area contributed by atoms with Gasteiger partial charge in [-0.15, -0.1) is 0 Å². The van der Waals surface area contributed by atoms with Gasteiger partial charge in [-0.05, 0) is 55.3 Å². The standard InChI is InChI=1S/C23H24N2O9S/c1-32-21(27)16-7-10-18(23(29)33-2)19(13-16)24-20(26)14-34-22(28)15-5-8-17(9-6-15)35(30,31)25-11-3-4-12-25/h5-10,13H,3-4,11-12,14H2,1-2H3,(H,24,26). The average molecular weight is 505 g/mol. The number of benzene rings is 2. The summed E-state index contributed by atoms with van der Waals surface area (Å²) in [5.74, 6) is -3.06. The number of amides is 1. The minimum absolute atomic E-state index is 0.0189. The Labute approximate surface area is 202 Å². The molecule has 1 saturated heterocycles. The molecule has 2 aromatic carbocycles. The lowest BCUT2D eigenvalue weighted by Gasteiger charge is -2.15. The van der Waals surface area contributed by atoms with Crippen LogP contribution in [0.2, 0.25) is 0 Å². The number of nitrogens with one attached hydrogen (secondary N) is 1. The normalized spacial score (nSPS) is 13.7. The number of carbonyl (C=O) groups is 4. The van der Waals surface area contributed by atoms with Crippen molar-refractivity contribution in [3.63, 3.8) is 0 Å². The molecule has 1 N–H and O–H groups in total. The minimum atomic E-state index is -3.62. The van der Waals surface area contributed by atoms with E-state index < -0.39 is 40.4 Å². The highest BCUT2D eigenvalue weighted by Crippen LogP contribution is 2.22. The minimum Gasteiger partial charge on any atom is -0.465 e. The average Bonchev–Trinajstić information content (AvgIpc) is 3.42. The molecule has 35 heavy (non-hydrogen) atoms. The maximum Gasteiger partial charge on any atom is 0.339 e. The Morgan fingerprint density at radius 1 is 0.857 bits per heavy atom. The number of methoxy groups -OCH3 is 2. The van der Waals surface area contributed by atoms with E-state index >= 15 is 0 Å². The molecule has 12 heteroatoms. The van der Waals surface area contributed by atoms with Crippen molar-refractivity contribution in [2.24, 2.45) is 0 Å². The third-order valence-corrected chi connectivity index (χ3v) is 7.16. The van der Waals surface area contributed by atoms with Crippen LogP contribution in [0.4, 0.5) is 5.69 Å². The summed E-state index contributed by atoms with van der Waals surface area (Å²) in [7, 11) is -1.28. The highest BCUT2D eigenvalue weighted by atomic mass is 32.2. The van der Waals surface area contributed by atoms with E-state index in [2.05, 4.69) is 14.8 Å². The van der Waals surface area contributed by atoms with Crippen LogP contribution in [0, 0.1) is 0 Å². The van der Waals surface area contributed by atoms with Crippen molar-refractivity contribution >= 4 is 39.5 Å². The van der Waals surface area contributed by atoms with Crippen LogP contribution in [-0.2, 0) is 29.0 Å². The van der Waals surface area contributed by atoms with Gasteiger partial charge in [-0.3, -0.25) is 4.79 Å². The summed E-state index contributed by atoms with van der Waals surface area (Å²) in [5, 5.41) is 2.40. The molecule has 0 aromatic heterocycles. The SMILES string of the molecule is COC(=O)c1ccc(C(=O)OC)c(NC(=O)COC(=O)c2ccc(S(=O)(=O)N3CCCC3)cc2)c1. The summed E-state index contributed by atoms with van der Waals surface area (Å²) in [5.41, 5.74) is 0.0874. The molecule has 11 nitrogen and oxygen atoms in total. The van der Waals surface area contributed by atoms with Crippen molar-refractivity contribution in [1.29, 1.82) is 0 Å². The Morgan fingerprint density at radius 2 is 1.46 bits per heavy atom. The van der Waals surface area contributed by atoms with Gasteiger partial charge in [-0.1, -0.05) is 0 Å². The van der Waals surface area contributed by atoms with Crippen molar-refractivity contribution in [1.82, 2.24) is 4.31 Å². The quantitative estimate of drug-likeness (QED) is 0.420. The van der Waals surface area contributed by atoms with Gasteiger partial charge in [-0.25, -0.2) is 22.8 Å². The lowest BCUT2D eigenvalue weighted by molar-refractivity contribution is -0.119. The Morgan fingerprint density at radius 3 is 2.06 bits per heavy atom. The molecular formula is C23H24N2O9S. The predicted octanol–water partition coefficient (Wildman–Crippen LogP) is 1.84. The second kappa shape index (κ2) is 11.1. The molecule has 0 bridgehead atoms. The second-order valence-electron chi connectivity index (χ2n) is 7.50. The second-order valence-corrected chi connectivity index (χ2v) is 9.44. The topological polar surface area (TPSA) is 145 Å². The van der Waals surface area contributed by atoms with E-state index in [0.29, 0.717) is 13.1 Å². The number of ether oxygens (including phenoxy) is 3. The lowest BCUT2D eigenvalue weighted by Crippen LogP contribution is -2.27. The van der Waals surface area contributed by atoms with Gasteiger partial charge in [0.2, 0.25) is 10.0 Å². The Hall–Kier alpha value is -3.77. The van der Waals surface area contributed by atoms with Crippen LogP contribution < -0.4 is 5.32 Å². The molecule has 0 spiro atoms. The first kappa shape index (κ1) is 25.8. The monoisotopic (exact) mass is 504 g/mol. The fraction of sp³-hybridized carbons (Fsp3) is 0.304. The molecule has 0 radical (unpaired) electrons. The number of hydrogen-bond donors (Lipinski definition) is 1. The number of hydrogen-bond acceptors (Lipinski definition) is 9. The van der Waals surface area contributed by atoms with E-state index in [-0.39, 0.29) is 27.3 Å². The molecular weight excluding hydrogens is 480 g/mol. The Bertz CT molecular complexity index is 1230. The summed E-state index contributed by atoms with van der Waals surface area (Å²) in [6.07, 6.45) is 1.61. The van der Waals surface area contributed by atoms with Gasteiger partial charge in [0.05, 0.1) is 41.5 Å².